The molecule has 0 fully saturated rings. The van der Waals surface area contributed by atoms with Crippen LogP contribution in [0.2, 0.25) is 0 Å². The summed E-state index contributed by atoms with van der Waals surface area (Å²) in [5.41, 5.74) is 12.8. The van der Waals surface area contributed by atoms with Gasteiger partial charge in [-0.3, -0.25) is 0 Å². The molecule has 28 heavy (non-hydrogen) atoms. The highest BCUT2D eigenvalue weighted by Crippen LogP contribution is 2.29. The molecule has 4 N–H and O–H groups in total. The third kappa shape index (κ3) is 3.99. The lowest BCUT2D eigenvalue weighted by molar-refractivity contribution is 0.456. The molecule has 7 nitrogen and oxygen atoms in total. The smallest absolute Gasteiger partial charge is 0.222 e. The number of nitrogen functional groups attached to an aromatic ring is 2. The van der Waals surface area contributed by atoms with Crippen LogP contribution in [0.1, 0.15) is 0 Å². The fraction of sp³-hybridized carbons (Fsp3) is 0. The number of rotatable bonds is 5. The number of hydrogen-bond acceptors (Lipinski definition) is 7. The minimum absolute atomic E-state index is 0.298. The lowest BCUT2D eigenvalue weighted by Gasteiger charge is -2.09. The molecule has 138 valence electrons. The Morgan fingerprint density at radius 2 is 1.36 bits per heavy atom. The summed E-state index contributed by atoms with van der Waals surface area (Å²) in [6.07, 6.45) is 1.41. The number of ether oxygens (including phenoxy) is 2. The average Bonchev–Trinajstić information content (AvgIpc) is 2.70. The van der Waals surface area contributed by atoms with E-state index in [1.807, 2.05) is 42.5 Å². The highest BCUT2D eigenvalue weighted by molar-refractivity contribution is 5.72. The van der Waals surface area contributed by atoms with Gasteiger partial charge in [-0.1, -0.05) is 18.2 Å². The quantitative estimate of drug-likeness (QED) is 0.538. The van der Waals surface area contributed by atoms with Crippen molar-refractivity contribution in [2.75, 3.05) is 11.5 Å². The number of para-hydroxylation sites is 1. The van der Waals surface area contributed by atoms with Gasteiger partial charge in [0.05, 0.1) is 5.69 Å². The van der Waals surface area contributed by atoms with Crippen molar-refractivity contribution < 1.29 is 9.47 Å². The van der Waals surface area contributed by atoms with Crippen LogP contribution in [-0.2, 0) is 0 Å². The highest BCUT2D eigenvalue weighted by Gasteiger charge is 2.09. The minimum atomic E-state index is 0.298. The van der Waals surface area contributed by atoms with Gasteiger partial charge in [0.2, 0.25) is 5.88 Å². The van der Waals surface area contributed by atoms with Gasteiger partial charge in [0.15, 0.2) is 0 Å². The molecule has 0 aliphatic heterocycles. The molecule has 7 heteroatoms. The zero-order chi connectivity index (χ0) is 19.3. The van der Waals surface area contributed by atoms with E-state index in [1.54, 1.807) is 30.3 Å². The standard InChI is InChI=1S/C21H17N5O2/c22-19-11-10-17(21(23)26-19)18-12-20(25-13-24-18)28-16-8-6-15(7-9-16)27-14-4-2-1-3-5-14/h1-13H,(H4,22,23,26). The Morgan fingerprint density at radius 1 is 0.679 bits per heavy atom. The summed E-state index contributed by atoms with van der Waals surface area (Å²) in [4.78, 5) is 12.4. The molecule has 0 atom stereocenters. The lowest BCUT2D eigenvalue weighted by atomic mass is 10.2. The molecular weight excluding hydrogens is 354 g/mol. The Kier molecular flexibility index (Phi) is 4.71. The Morgan fingerprint density at radius 3 is 2.07 bits per heavy atom. The number of benzene rings is 2. The number of nitrogens with zero attached hydrogens (tertiary/aromatic N) is 3. The van der Waals surface area contributed by atoms with Gasteiger partial charge in [0.25, 0.3) is 0 Å². The van der Waals surface area contributed by atoms with Crippen molar-refractivity contribution in [2.45, 2.75) is 0 Å². The summed E-state index contributed by atoms with van der Waals surface area (Å²) < 4.78 is 11.6. The summed E-state index contributed by atoms with van der Waals surface area (Å²) in [7, 11) is 0. The molecule has 0 saturated carbocycles. The van der Waals surface area contributed by atoms with Crippen molar-refractivity contribution in [3.8, 4) is 34.4 Å². The largest absolute Gasteiger partial charge is 0.457 e. The maximum Gasteiger partial charge on any atom is 0.222 e. The van der Waals surface area contributed by atoms with Gasteiger partial charge >= 0.3 is 0 Å². The van der Waals surface area contributed by atoms with Gasteiger partial charge in [-0.15, -0.1) is 0 Å². The summed E-state index contributed by atoms with van der Waals surface area (Å²) in [6, 6.07) is 21.9. The molecule has 0 aliphatic rings. The van der Waals surface area contributed by atoms with Gasteiger partial charge < -0.3 is 20.9 Å². The topological polar surface area (TPSA) is 109 Å². The van der Waals surface area contributed by atoms with Crippen LogP contribution < -0.4 is 20.9 Å². The molecule has 2 aromatic heterocycles. The van der Waals surface area contributed by atoms with Crippen molar-refractivity contribution in [1.29, 1.82) is 0 Å². The first-order valence-corrected chi connectivity index (χ1v) is 8.52. The SMILES string of the molecule is Nc1ccc(-c2cc(Oc3ccc(Oc4ccccc4)cc3)ncn2)c(N)n1. The number of hydrogen-bond donors (Lipinski definition) is 2. The molecular formula is C21H17N5O2. The Balaban J connectivity index is 1.50. The van der Waals surface area contributed by atoms with E-state index in [0.29, 0.717) is 40.3 Å². The van der Waals surface area contributed by atoms with Crippen molar-refractivity contribution in [3.05, 3.63) is 79.1 Å². The van der Waals surface area contributed by atoms with Crippen LogP contribution in [0.5, 0.6) is 23.1 Å². The van der Waals surface area contributed by atoms with E-state index in [2.05, 4.69) is 15.0 Å². The number of pyridine rings is 1. The molecule has 0 amide bonds. The predicted molar refractivity (Wildman–Crippen MR) is 107 cm³/mol. The zero-order valence-electron chi connectivity index (χ0n) is 14.8. The third-order valence-electron chi connectivity index (χ3n) is 3.89. The van der Waals surface area contributed by atoms with Crippen LogP contribution in [-0.4, -0.2) is 15.0 Å². The van der Waals surface area contributed by atoms with E-state index >= 15 is 0 Å². The van der Waals surface area contributed by atoms with Crippen LogP contribution in [0.25, 0.3) is 11.3 Å². The minimum Gasteiger partial charge on any atom is -0.457 e. The number of aromatic nitrogens is 3. The second kappa shape index (κ2) is 7.63. The highest BCUT2D eigenvalue weighted by atomic mass is 16.5. The fourth-order valence-corrected chi connectivity index (χ4v) is 2.57. The van der Waals surface area contributed by atoms with Crippen molar-refractivity contribution in [3.63, 3.8) is 0 Å². The summed E-state index contributed by atoms with van der Waals surface area (Å²) in [5, 5.41) is 0. The van der Waals surface area contributed by atoms with E-state index in [0.717, 1.165) is 5.75 Å². The number of nitrogens with two attached hydrogens (primary N) is 2. The van der Waals surface area contributed by atoms with E-state index in [4.69, 9.17) is 20.9 Å². The van der Waals surface area contributed by atoms with Crippen LogP contribution in [0.4, 0.5) is 11.6 Å². The second-order valence-corrected chi connectivity index (χ2v) is 5.90. The first kappa shape index (κ1) is 17.3. The van der Waals surface area contributed by atoms with E-state index in [9.17, 15) is 0 Å². The summed E-state index contributed by atoms with van der Waals surface area (Å²) >= 11 is 0. The van der Waals surface area contributed by atoms with Crippen LogP contribution in [0.3, 0.4) is 0 Å². The van der Waals surface area contributed by atoms with Gasteiger partial charge in [-0.25, -0.2) is 15.0 Å². The maximum atomic E-state index is 5.93. The monoisotopic (exact) mass is 371 g/mol. The molecule has 0 saturated heterocycles. The van der Waals surface area contributed by atoms with Gasteiger partial charge in [0.1, 0.15) is 35.2 Å². The maximum absolute atomic E-state index is 5.93. The van der Waals surface area contributed by atoms with E-state index in [-0.39, 0.29) is 0 Å². The summed E-state index contributed by atoms with van der Waals surface area (Å²) in [6.45, 7) is 0. The molecule has 0 unspecified atom stereocenters. The zero-order valence-corrected chi connectivity index (χ0v) is 14.8. The van der Waals surface area contributed by atoms with Gasteiger partial charge in [-0.05, 0) is 48.5 Å². The molecule has 4 rings (SSSR count). The third-order valence-corrected chi connectivity index (χ3v) is 3.89. The van der Waals surface area contributed by atoms with E-state index < -0.39 is 0 Å². The molecule has 0 radical (unpaired) electrons. The summed E-state index contributed by atoms with van der Waals surface area (Å²) in [5.74, 6) is 3.14. The Bertz CT molecular complexity index is 1090. The fourth-order valence-electron chi connectivity index (χ4n) is 2.57. The first-order chi connectivity index (χ1) is 13.7. The first-order valence-electron chi connectivity index (χ1n) is 8.52. The van der Waals surface area contributed by atoms with E-state index in [1.165, 1.54) is 6.33 Å². The molecule has 4 aromatic rings. The van der Waals surface area contributed by atoms with Crippen LogP contribution in [0.15, 0.2) is 79.1 Å². The van der Waals surface area contributed by atoms with Crippen molar-refractivity contribution >= 4 is 11.6 Å². The molecule has 0 spiro atoms. The Labute approximate surface area is 161 Å². The lowest BCUT2D eigenvalue weighted by Crippen LogP contribution is -1.99. The van der Waals surface area contributed by atoms with Crippen molar-refractivity contribution in [2.24, 2.45) is 0 Å². The van der Waals surface area contributed by atoms with Gasteiger partial charge in [0, 0.05) is 11.6 Å². The average molecular weight is 371 g/mol. The predicted octanol–water partition coefficient (Wildman–Crippen LogP) is 4.29. The van der Waals surface area contributed by atoms with Gasteiger partial charge in [-0.2, -0.15) is 0 Å². The second-order valence-electron chi connectivity index (χ2n) is 5.90. The normalized spacial score (nSPS) is 10.4. The molecule has 2 aromatic carbocycles. The molecule has 0 aliphatic carbocycles. The van der Waals surface area contributed by atoms with Crippen LogP contribution >= 0.6 is 0 Å². The molecule has 2 heterocycles. The van der Waals surface area contributed by atoms with Crippen molar-refractivity contribution in [1.82, 2.24) is 15.0 Å². The number of anilines is 2. The molecule has 0 bridgehead atoms. The van der Waals surface area contributed by atoms with Crippen LogP contribution in [0, 0.1) is 0 Å². The Hall–Kier alpha value is -4.13.